The molecule has 0 spiro atoms. The number of benzene rings is 1. The molecule has 0 aliphatic carbocycles. The summed E-state index contributed by atoms with van der Waals surface area (Å²) >= 11 is 5.48. The van der Waals surface area contributed by atoms with E-state index >= 15 is 0 Å². The van der Waals surface area contributed by atoms with E-state index in [0.717, 1.165) is 18.2 Å². The van der Waals surface area contributed by atoms with Crippen LogP contribution in [0.5, 0.6) is 0 Å². The topological polar surface area (TPSA) is 43.1 Å². The number of halogens is 4. The summed E-state index contributed by atoms with van der Waals surface area (Å²) in [4.78, 5) is 11.5. The van der Waals surface area contributed by atoms with Crippen molar-refractivity contribution in [2.75, 3.05) is 5.73 Å². The molecule has 0 aliphatic heterocycles. The third-order valence-electron chi connectivity index (χ3n) is 1.98. The van der Waals surface area contributed by atoms with Crippen molar-refractivity contribution in [2.24, 2.45) is 0 Å². The van der Waals surface area contributed by atoms with E-state index in [2.05, 4.69) is 0 Å². The molecule has 0 saturated heterocycles. The Morgan fingerprint density at radius 1 is 1.44 bits per heavy atom. The van der Waals surface area contributed by atoms with E-state index < -0.39 is 28.5 Å². The number of rotatable bonds is 2. The lowest BCUT2D eigenvalue weighted by molar-refractivity contribution is -0.137. The van der Waals surface area contributed by atoms with Crippen LogP contribution in [0.4, 0.5) is 18.9 Å². The summed E-state index contributed by atoms with van der Waals surface area (Å²) in [6.45, 7) is 1.31. The lowest BCUT2D eigenvalue weighted by Gasteiger charge is -2.13. The molecule has 2 N–H and O–H groups in total. The van der Waals surface area contributed by atoms with Gasteiger partial charge >= 0.3 is 6.18 Å². The second-order valence-electron chi connectivity index (χ2n) is 3.28. The van der Waals surface area contributed by atoms with Crippen molar-refractivity contribution >= 4 is 23.1 Å². The zero-order valence-corrected chi connectivity index (χ0v) is 9.06. The number of carbonyl (C=O) groups is 1. The number of anilines is 1. The van der Waals surface area contributed by atoms with Gasteiger partial charge in [0.25, 0.3) is 0 Å². The Kier molecular flexibility index (Phi) is 3.48. The highest BCUT2D eigenvalue weighted by Gasteiger charge is 2.35. The van der Waals surface area contributed by atoms with Gasteiger partial charge in [0.05, 0.1) is 10.9 Å². The Balaban J connectivity index is 3.35. The monoisotopic (exact) mass is 251 g/mol. The van der Waals surface area contributed by atoms with E-state index in [1.807, 2.05) is 0 Å². The fourth-order valence-electron chi connectivity index (χ4n) is 1.23. The standard InChI is InChI=1S/C10H9ClF3NO/c1-5(11)9(16)7-4-6(15)2-3-8(7)10(12,13)14/h2-5H,15H2,1H3. The number of hydrogen-bond acceptors (Lipinski definition) is 2. The highest BCUT2D eigenvalue weighted by atomic mass is 35.5. The number of nitrogen functional groups attached to an aromatic ring is 1. The molecule has 88 valence electrons. The maximum atomic E-state index is 12.6. The Bertz CT molecular complexity index is 415. The fourth-order valence-corrected chi connectivity index (χ4v) is 1.34. The van der Waals surface area contributed by atoms with E-state index in [1.165, 1.54) is 6.92 Å². The molecule has 1 rings (SSSR count). The fraction of sp³-hybridized carbons (Fsp3) is 0.300. The number of alkyl halides is 4. The van der Waals surface area contributed by atoms with Crippen molar-refractivity contribution in [3.8, 4) is 0 Å². The third kappa shape index (κ3) is 2.66. The molecule has 0 heterocycles. The van der Waals surface area contributed by atoms with Gasteiger partial charge in [-0.1, -0.05) is 0 Å². The van der Waals surface area contributed by atoms with Crippen LogP contribution < -0.4 is 5.73 Å². The summed E-state index contributed by atoms with van der Waals surface area (Å²) < 4.78 is 37.7. The highest BCUT2D eigenvalue weighted by molar-refractivity contribution is 6.33. The van der Waals surface area contributed by atoms with Gasteiger partial charge in [-0.25, -0.2) is 0 Å². The van der Waals surface area contributed by atoms with Crippen LogP contribution in [-0.2, 0) is 6.18 Å². The molecule has 0 amide bonds. The molecule has 1 aromatic rings. The summed E-state index contributed by atoms with van der Waals surface area (Å²) in [5, 5.41) is -1.03. The average molecular weight is 252 g/mol. The van der Waals surface area contributed by atoms with Crippen LogP contribution in [0, 0.1) is 0 Å². The Morgan fingerprint density at radius 2 is 2.00 bits per heavy atom. The molecule has 2 nitrogen and oxygen atoms in total. The molecular weight excluding hydrogens is 243 g/mol. The zero-order chi connectivity index (χ0) is 12.5. The lowest BCUT2D eigenvalue weighted by Crippen LogP contribution is -2.18. The van der Waals surface area contributed by atoms with Gasteiger partial charge in [-0.15, -0.1) is 11.6 Å². The normalized spacial score (nSPS) is 13.6. The maximum absolute atomic E-state index is 12.6. The van der Waals surface area contributed by atoms with E-state index in [9.17, 15) is 18.0 Å². The summed E-state index contributed by atoms with van der Waals surface area (Å²) in [7, 11) is 0. The first-order valence-corrected chi connectivity index (χ1v) is 4.82. The van der Waals surface area contributed by atoms with Crippen LogP contribution in [0.25, 0.3) is 0 Å². The molecule has 1 unspecified atom stereocenters. The Hall–Kier alpha value is -1.23. The smallest absolute Gasteiger partial charge is 0.399 e. The maximum Gasteiger partial charge on any atom is 0.417 e. The Morgan fingerprint density at radius 3 is 2.44 bits per heavy atom. The minimum Gasteiger partial charge on any atom is -0.399 e. The molecule has 0 bridgehead atoms. The summed E-state index contributed by atoms with van der Waals surface area (Å²) in [5.41, 5.74) is 3.93. The number of Topliss-reactive ketones (excluding diaryl/α,β-unsaturated/α-hetero) is 1. The molecule has 1 atom stereocenters. The minimum absolute atomic E-state index is 0.0914. The van der Waals surface area contributed by atoms with Gasteiger partial charge in [0, 0.05) is 11.3 Å². The average Bonchev–Trinajstić information content (AvgIpc) is 2.14. The van der Waals surface area contributed by atoms with Crippen LogP contribution >= 0.6 is 11.6 Å². The third-order valence-corrected chi connectivity index (χ3v) is 2.17. The van der Waals surface area contributed by atoms with Gasteiger partial charge in [0.2, 0.25) is 0 Å². The predicted octanol–water partition coefficient (Wildman–Crippen LogP) is 3.10. The van der Waals surface area contributed by atoms with Gasteiger partial charge in [0.1, 0.15) is 0 Å². The molecule has 0 aromatic heterocycles. The first-order chi connectivity index (χ1) is 7.23. The number of nitrogens with two attached hydrogens (primary N) is 1. The van der Waals surface area contributed by atoms with Crippen LogP contribution in [0.15, 0.2) is 18.2 Å². The SMILES string of the molecule is CC(Cl)C(=O)c1cc(N)ccc1C(F)(F)F. The molecule has 16 heavy (non-hydrogen) atoms. The molecule has 0 saturated carbocycles. The molecule has 0 radical (unpaired) electrons. The number of carbonyl (C=O) groups excluding carboxylic acids is 1. The molecule has 0 aliphatic rings. The zero-order valence-electron chi connectivity index (χ0n) is 8.31. The van der Waals surface area contributed by atoms with Crippen molar-refractivity contribution in [3.05, 3.63) is 29.3 Å². The number of ketones is 1. The first-order valence-electron chi connectivity index (χ1n) is 4.38. The van der Waals surface area contributed by atoms with E-state index in [1.54, 1.807) is 0 Å². The van der Waals surface area contributed by atoms with Crippen molar-refractivity contribution in [1.29, 1.82) is 0 Å². The molecule has 6 heteroatoms. The van der Waals surface area contributed by atoms with Gasteiger partial charge in [-0.05, 0) is 25.1 Å². The minimum atomic E-state index is -4.59. The largest absolute Gasteiger partial charge is 0.417 e. The summed E-state index contributed by atoms with van der Waals surface area (Å²) in [5.74, 6) is -0.790. The second kappa shape index (κ2) is 4.33. The van der Waals surface area contributed by atoms with Crippen molar-refractivity contribution in [3.63, 3.8) is 0 Å². The van der Waals surface area contributed by atoms with Gasteiger partial charge < -0.3 is 5.73 Å². The quantitative estimate of drug-likeness (QED) is 0.499. The van der Waals surface area contributed by atoms with Crippen molar-refractivity contribution in [1.82, 2.24) is 0 Å². The number of hydrogen-bond donors (Lipinski definition) is 1. The van der Waals surface area contributed by atoms with Crippen LogP contribution in [0.3, 0.4) is 0 Å². The first kappa shape index (κ1) is 12.8. The van der Waals surface area contributed by atoms with Gasteiger partial charge in [-0.3, -0.25) is 4.79 Å². The van der Waals surface area contributed by atoms with Gasteiger partial charge in [0.15, 0.2) is 5.78 Å². The van der Waals surface area contributed by atoms with E-state index in [0.29, 0.717) is 0 Å². The summed E-state index contributed by atoms with van der Waals surface area (Å²) in [6.07, 6.45) is -4.59. The second-order valence-corrected chi connectivity index (χ2v) is 3.94. The van der Waals surface area contributed by atoms with Gasteiger partial charge in [-0.2, -0.15) is 13.2 Å². The van der Waals surface area contributed by atoms with Crippen LogP contribution in [0.2, 0.25) is 0 Å². The highest BCUT2D eigenvalue weighted by Crippen LogP contribution is 2.33. The van der Waals surface area contributed by atoms with Crippen molar-refractivity contribution < 1.29 is 18.0 Å². The van der Waals surface area contributed by atoms with E-state index in [-0.39, 0.29) is 5.69 Å². The van der Waals surface area contributed by atoms with Crippen LogP contribution in [0.1, 0.15) is 22.8 Å². The summed E-state index contributed by atoms with van der Waals surface area (Å²) in [6, 6.07) is 2.87. The van der Waals surface area contributed by atoms with Crippen molar-refractivity contribution in [2.45, 2.75) is 18.5 Å². The Labute approximate surface area is 95.2 Å². The van der Waals surface area contributed by atoms with Crippen LogP contribution in [-0.4, -0.2) is 11.2 Å². The van der Waals surface area contributed by atoms with E-state index in [4.69, 9.17) is 17.3 Å². The molecule has 1 aromatic carbocycles. The molecule has 0 fully saturated rings. The molecular formula is C10H9ClF3NO. The predicted molar refractivity (Wildman–Crippen MR) is 55.5 cm³/mol. The lowest BCUT2D eigenvalue weighted by atomic mass is 10.0.